The van der Waals surface area contributed by atoms with Gasteiger partial charge in [0, 0.05) is 23.9 Å². The summed E-state index contributed by atoms with van der Waals surface area (Å²) in [6.07, 6.45) is 0. The monoisotopic (exact) mass is 429 g/mol. The predicted octanol–water partition coefficient (Wildman–Crippen LogP) is 3.37. The number of aromatic nitrogens is 1. The number of anilines is 1. The van der Waals surface area contributed by atoms with Crippen LogP contribution in [-0.2, 0) is 16.6 Å². The lowest BCUT2D eigenvalue weighted by atomic mass is 10.1. The molecule has 158 valence electrons. The van der Waals surface area contributed by atoms with Crippen LogP contribution in [0.3, 0.4) is 0 Å². The summed E-state index contributed by atoms with van der Waals surface area (Å²) in [6.45, 7) is 3.96. The first-order valence-corrected chi connectivity index (χ1v) is 10.6. The molecular weight excluding hydrogens is 406 g/mol. The molecule has 1 aromatic heterocycles. The molecule has 0 aliphatic carbocycles. The van der Waals surface area contributed by atoms with Gasteiger partial charge in [-0.15, -0.1) is 0 Å². The summed E-state index contributed by atoms with van der Waals surface area (Å²) in [4.78, 5) is 14.3. The second kappa shape index (κ2) is 8.58. The van der Waals surface area contributed by atoms with Gasteiger partial charge in [0.05, 0.1) is 24.2 Å². The quantitative estimate of drug-likeness (QED) is 0.618. The van der Waals surface area contributed by atoms with Crippen LogP contribution in [0.2, 0.25) is 0 Å². The normalized spacial score (nSPS) is 11.2. The summed E-state index contributed by atoms with van der Waals surface area (Å²) in [5.74, 6) is 1.06. The fourth-order valence-electron chi connectivity index (χ4n) is 2.91. The van der Waals surface area contributed by atoms with E-state index < -0.39 is 10.0 Å². The van der Waals surface area contributed by atoms with Crippen molar-refractivity contribution in [3.05, 3.63) is 71.1 Å². The van der Waals surface area contributed by atoms with Crippen molar-refractivity contribution in [3.8, 4) is 5.75 Å². The summed E-state index contributed by atoms with van der Waals surface area (Å²) < 4.78 is 37.9. The van der Waals surface area contributed by atoms with E-state index in [0.717, 1.165) is 11.3 Å². The van der Waals surface area contributed by atoms with Crippen LogP contribution in [0.15, 0.2) is 57.9 Å². The number of hydrogen-bond acceptors (Lipinski definition) is 6. The molecule has 0 saturated carbocycles. The summed E-state index contributed by atoms with van der Waals surface area (Å²) in [5, 5.41) is 3.89. The Bertz CT molecular complexity index is 1120. The third-order valence-corrected chi connectivity index (χ3v) is 6.07. The second-order valence-corrected chi connectivity index (χ2v) is 8.50. The van der Waals surface area contributed by atoms with Crippen LogP contribution >= 0.6 is 0 Å². The molecule has 8 nitrogen and oxygen atoms in total. The van der Waals surface area contributed by atoms with Gasteiger partial charge in [-0.3, -0.25) is 9.52 Å². The van der Waals surface area contributed by atoms with Crippen LogP contribution in [0.1, 0.15) is 27.4 Å². The number of benzene rings is 2. The third-order valence-electron chi connectivity index (χ3n) is 4.68. The number of carbonyl (C=O) groups excluding carboxylic acids is 1. The fourth-order valence-corrected chi connectivity index (χ4v) is 3.97. The molecule has 1 amide bonds. The Morgan fingerprint density at radius 2 is 1.73 bits per heavy atom. The van der Waals surface area contributed by atoms with Gasteiger partial charge in [0.15, 0.2) is 0 Å². The van der Waals surface area contributed by atoms with E-state index in [1.54, 1.807) is 38.2 Å². The minimum atomic E-state index is -3.78. The maximum atomic E-state index is 12.7. The lowest BCUT2D eigenvalue weighted by Gasteiger charge is -2.17. The smallest absolute Gasteiger partial charge is 0.261 e. The molecule has 30 heavy (non-hydrogen) atoms. The van der Waals surface area contributed by atoms with Crippen molar-refractivity contribution in [1.29, 1.82) is 0 Å². The average Bonchev–Trinajstić information content (AvgIpc) is 3.05. The highest BCUT2D eigenvalue weighted by molar-refractivity contribution is 7.92. The molecule has 3 rings (SSSR count). The van der Waals surface area contributed by atoms with Crippen LogP contribution in [0, 0.1) is 13.8 Å². The van der Waals surface area contributed by atoms with E-state index in [1.807, 2.05) is 6.92 Å². The molecular formula is C21H23N3O5S. The Morgan fingerprint density at radius 3 is 2.27 bits per heavy atom. The zero-order chi connectivity index (χ0) is 21.9. The average molecular weight is 429 g/mol. The standard InChI is InChI=1S/C21H23N3O5S/c1-14-20(15(2)29-22-14)13-24(3)21(25)16-5-11-19(12-6-16)30(26,27)23-17-7-9-18(28-4)10-8-17/h5-12,23H,13H2,1-4H3. The lowest BCUT2D eigenvalue weighted by Crippen LogP contribution is -2.26. The van der Waals surface area contributed by atoms with Crippen molar-refractivity contribution in [3.63, 3.8) is 0 Å². The number of sulfonamides is 1. The maximum Gasteiger partial charge on any atom is 0.261 e. The number of aryl methyl sites for hydroxylation is 2. The molecule has 1 heterocycles. The van der Waals surface area contributed by atoms with E-state index in [4.69, 9.17) is 9.26 Å². The van der Waals surface area contributed by atoms with Crippen LogP contribution < -0.4 is 9.46 Å². The first-order valence-electron chi connectivity index (χ1n) is 9.15. The van der Waals surface area contributed by atoms with E-state index in [0.29, 0.717) is 29.3 Å². The van der Waals surface area contributed by atoms with Crippen molar-refractivity contribution in [2.24, 2.45) is 0 Å². The Hall–Kier alpha value is -3.33. The molecule has 0 bridgehead atoms. The molecule has 2 aromatic carbocycles. The van der Waals surface area contributed by atoms with Crippen molar-refractivity contribution in [1.82, 2.24) is 10.1 Å². The number of methoxy groups -OCH3 is 1. The topological polar surface area (TPSA) is 102 Å². The van der Waals surface area contributed by atoms with Gasteiger partial charge in [-0.2, -0.15) is 0 Å². The molecule has 0 saturated heterocycles. The molecule has 0 fully saturated rings. The zero-order valence-corrected chi connectivity index (χ0v) is 18.0. The Kier molecular flexibility index (Phi) is 6.12. The molecule has 0 radical (unpaired) electrons. The number of amides is 1. The van der Waals surface area contributed by atoms with Gasteiger partial charge in [0.1, 0.15) is 11.5 Å². The maximum absolute atomic E-state index is 12.7. The highest BCUT2D eigenvalue weighted by Crippen LogP contribution is 2.20. The number of hydrogen-bond donors (Lipinski definition) is 1. The SMILES string of the molecule is COc1ccc(NS(=O)(=O)c2ccc(C(=O)N(C)Cc3c(C)noc3C)cc2)cc1. The Balaban J connectivity index is 1.72. The van der Waals surface area contributed by atoms with Gasteiger partial charge in [-0.05, 0) is 62.4 Å². The molecule has 0 aliphatic heterocycles. The van der Waals surface area contributed by atoms with Crippen LogP contribution in [0.25, 0.3) is 0 Å². The van der Waals surface area contributed by atoms with Gasteiger partial charge >= 0.3 is 0 Å². The van der Waals surface area contributed by atoms with Crippen molar-refractivity contribution < 1.29 is 22.5 Å². The van der Waals surface area contributed by atoms with E-state index in [1.165, 1.54) is 36.3 Å². The first-order chi connectivity index (χ1) is 14.2. The fraction of sp³-hybridized carbons (Fsp3) is 0.238. The van der Waals surface area contributed by atoms with Crippen molar-refractivity contribution in [2.75, 3.05) is 18.9 Å². The van der Waals surface area contributed by atoms with Crippen LogP contribution in [-0.4, -0.2) is 38.5 Å². The second-order valence-electron chi connectivity index (χ2n) is 6.82. The molecule has 0 aliphatic rings. The highest BCUT2D eigenvalue weighted by Gasteiger charge is 2.19. The number of carbonyl (C=O) groups is 1. The van der Waals surface area contributed by atoms with Crippen molar-refractivity contribution >= 4 is 21.6 Å². The molecule has 1 N–H and O–H groups in total. The van der Waals surface area contributed by atoms with Gasteiger partial charge in [0.2, 0.25) is 0 Å². The minimum Gasteiger partial charge on any atom is -0.497 e. The number of ether oxygens (including phenoxy) is 1. The third kappa shape index (κ3) is 4.62. The minimum absolute atomic E-state index is 0.0586. The van der Waals surface area contributed by atoms with Gasteiger partial charge in [0.25, 0.3) is 15.9 Å². The van der Waals surface area contributed by atoms with E-state index in [2.05, 4.69) is 9.88 Å². The number of nitrogens with one attached hydrogen (secondary N) is 1. The van der Waals surface area contributed by atoms with E-state index >= 15 is 0 Å². The summed E-state index contributed by atoms with van der Waals surface area (Å²) in [6, 6.07) is 12.3. The van der Waals surface area contributed by atoms with E-state index in [9.17, 15) is 13.2 Å². The summed E-state index contributed by atoms with van der Waals surface area (Å²) in [5.41, 5.74) is 2.38. The van der Waals surface area contributed by atoms with E-state index in [-0.39, 0.29) is 10.8 Å². The Labute approximate surface area is 175 Å². The molecule has 3 aromatic rings. The number of rotatable bonds is 7. The molecule has 9 heteroatoms. The molecule has 0 unspecified atom stereocenters. The molecule has 0 spiro atoms. The van der Waals surface area contributed by atoms with Gasteiger partial charge in [-0.25, -0.2) is 8.42 Å². The van der Waals surface area contributed by atoms with Crippen molar-refractivity contribution in [2.45, 2.75) is 25.3 Å². The summed E-state index contributed by atoms with van der Waals surface area (Å²) >= 11 is 0. The zero-order valence-electron chi connectivity index (χ0n) is 17.2. The largest absolute Gasteiger partial charge is 0.497 e. The van der Waals surface area contributed by atoms with Crippen LogP contribution in [0.4, 0.5) is 5.69 Å². The number of nitrogens with zero attached hydrogens (tertiary/aromatic N) is 2. The predicted molar refractivity (Wildman–Crippen MR) is 112 cm³/mol. The Morgan fingerprint density at radius 1 is 1.10 bits per heavy atom. The van der Waals surface area contributed by atoms with Gasteiger partial charge < -0.3 is 14.2 Å². The van der Waals surface area contributed by atoms with Gasteiger partial charge in [-0.1, -0.05) is 5.16 Å². The van der Waals surface area contributed by atoms with Crippen LogP contribution in [0.5, 0.6) is 5.75 Å². The summed E-state index contributed by atoms with van der Waals surface area (Å²) in [7, 11) is -0.578. The molecule has 0 atom stereocenters. The lowest BCUT2D eigenvalue weighted by molar-refractivity contribution is 0.0784. The first kappa shape index (κ1) is 21.4. The highest BCUT2D eigenvalue weighted by atomic mass is 32.2.